The van der Waals surface area contributed by atoms with E-state index in [1.54, 1.807) is 6.92 Å². The van der Waals surface area contributed by atoms with Gasteiger partial charge in [-0.05, 0) is 37.5 Å². The van der Waals surface area contributed by atoms with Gasteiger partial charge in [-0.2, -0.15) is 0 Å². The minimum atomic E-state index is -0.249. The SMILES string of the molecule is C=C(C)C(=O)OCC1CC2OC2CC1C1CCC1. The van der Waals surface area contributed by atoms with Gasteiger partial charge in [0.05, 0.1) is 18.8 Å². The lowest BCUT2D eigenvalue weighted by atomic mass is 9.65. The minimum Gasteiger partial charge on any atom is -0.462 e. The van der Waals surface area contributed by atoms with Gasteiger partial charge < -0.3 is 9.47 Å². The molecule has 2 aliphatic carbocycles. The molecule has 0 amide bonds. The van der Waals surface area contributed by atoms with Crippen LogP contribution in [0.5, 0.6) is 0 Å². The number of hydrogen-bond donors (Lipinski definition) is 0. The fraction of sp³-hybridized carbons (Fsp3) is 0.800. The van der Waals surface area contributed by atoms with E-state index in [1.807, 2.05) is 0 Å². The van der Waals surface area contributed by atoms with Crippen molar-refractivity contribution >= 4 is 5.97 Å². The van der Waals surface area contributed by atoms with E-state index in [0.717, 1.165) is 12.3 Å². The smallest absolute Gasteiger partial charge is 0.333 e. The highest BCUT2D eigenvalue weighted by Crippen LogP contribution is 2.50. The van der Waals surface area contributed by atoms with E-state index in [0.29, 0.717) is 36.2 Å². The first kappa shape index (κ1) is 12.2. The van der Waals surface area contributed by atoms with E-state index in [1.165, 1.54) is 25.7 Å². The van der Waals surface area contributed by atoms with Crippen molar-refractivity contribution in [1.29, 1.82) is 0 Å². The fourth-order valence-electron chi connectivity index (χ4n) is 3.47. The second kappa shape index (κ2) is 4.69. The summed E-state index contributed by atoms with van der Waals surface area (Å²) < 4.78 is 11.0. The highest BCUT2D eigenvalue weighted by molar-refractivity contribution is 5.86. The lowest BCUT2D eigenvalue weighted by Gasteiger charge is -2.40. The predicted molar refractivity (Wildman–Crippen MR) is 68.0 cm³/mol. The molecule has 2 saturated carbocycles. The Morgan fingerprint density at radius 2 is 2.06 bits per heavy atom. The van der Waals surface area contributed by atoms with Gasteiger partial charge in [-0.1, -0.05) is 25.8 Å². The average Bonchev–Trinajstić information content (AvgIpc) is 3.00. The Morgan fingerprint density at radius 1 is 1.33 bits per heavy atom. The fourth-order valence-corrected chi connectivity index (χ4v) is 3.47. The van der Waals surface area contributed by atoms with E-state index in [2.05, 4.69) is 6.58 Å². The summed E-state index contributed by atoms with van der Waals surface area (Å²) in [5, 5.41) is 0. The Hall–Kier alpha value is -0.830. The number of hydrogen-bond acceptors (Lipinski definition) is 3. The number of epoxide rings is 1. The molecule has 3 nitrogen and oxygen atoms in total. The minimum absolute atomic E-state index is 0.249. The van der Waals surface area contributed by atoms with E-state index in [4.69, 9.17) is 9.47 Å². The molecular formula is C15H22O3. The molecule has 0 radical (unpaired) electrons. The maximum Gasteiger partial charge on any atom is 0.333 e. The van der Waals surface area contributed by atoms with E-state index < -0.39 is 0 Å². The van der Waals surface area contributed by atoms with Crippen LogP contribution in [0.4, 0.5) is 0 Å². The Morgan fingerprint density at radius 3 is 2.67 bits per heavy atom. The maximum atomic E-state index is 11.5. The monoisotopic (exact) mass is 250 g/mol. The molecule has 0 N–H and O–H groups in total. The maximum absolute atomic E-state index is 11.5. The molecule has 3 heteroatoms. The number of esters is 1. The molecule has 0 bridgehead atoms. The molecule has 3 aliphatic rings. The van der Waals surface area contributed by atoms with Crippen molar-refractivity contribution in [1.82, 2.24) is 0 Å². The van der Waals surface area contributed by atoms with Crippen molar-refractivity contribution in [3.63, 3.8) is 0 Å². The van der Waals surface area contributed by atoms with Crippen LogP contribution in [0.15, 0.2) is 12.2 Å². The topological polar surface area (TPSA) is 38.8 Å². The van der Waals surface area contributed by atoms with Gasteiger partial charge in [0, 0.05) is 5.57 Å². The highest BCUT2D eigenvalue weighted by Gasteiger charge is 2.50. The first-order chi connectivity index (χ1) is 8.65. The summed E-state index contributed by atoms with van der Waals surface area (Å²) in [5.41, 5.74) is 0.492. The van der Waals surface area contributed by atoms with E-state index >= 15 is 0 Å². The van der Waals surface area contributed by atoms with Crippen molar-refractivity contribution < 1.29 is 14.3 Å². The molecule has 18 heavy (non-hydrogen) atoms. The Bertz CT molecular complexity index is 359. The molecule has 4 atom stereocenters. The molecule has 1 heterocycles. The van der Waals surface area contributed by atoms with Crippen molar-refractivity contribution in [2.24, 2.45) is 17.8 Å². The Kier molecular flexibility index (Phi) is 3.18. The Labute approximate surface area is 109 Å². The van der Waals surface area contributed by atoms with Gasteiger partial charge in [0.15, 0.2) is 0 Å². The molecule has 1 aliphatic heterocycles. The third kappa shape index (κ3) is 2.33. The van der Waals surface area contributed by atoms with Crippen molar-refractivity contribution in [3.05, 3.63) is 12.2 Å². The van der Waals surface area contributed by atoms with E-state index in [-0.39, 0.29) is 5.97 Å². The van der Waals surface area contributed by atoms with Gasteiger partial charge >= 0.3 is 5.97 Å². The van der Waals surface area contributed by atoms with Crippen LogP contribution in [-0.4, -0.2) is 24.8 Å². The predicted octanol–water partition coefficient (Wildman–Crippen LogP) is 2.70. The second-order valence-electron chi connectivity index (χ2n) is 6.18. The first-order valence-electron chi connectivity index (χ1n) is 7.13. The summed E-state index contributed by atoms with van der Waals surface area (Å²) in [4.78, 5) is 11.5. The number of fused-ring (bicyclic) bond motifs is 1. The molecule has 0 aromatic rings. The zero-order valence-corrected chi connectivity index (χ0v) is 11.1. The molecule has 1 saturated heterocycles. The van der Waals surface area contributed by atoms with Crippen LogP contribution in [0.3, 0.4) is 0 Å². The van der Waals surface area contributed by atoms with Crippen LogP contribution >= 0.6 is 0 Å². The molecule has 0 spiro atoms. The van der Waals surface area contributed by atoms with Crippen LogP contribution in [-0.2, 0) is 14.3 Å². The Balaban J connectivity index is 1.57. The molecule has 3 fully saturated rings. The lowest BCUT2D eigenvalue weighted by molar-refractivity contribution is -0.141. The largest absolute Gasteiger partial charge is 0.462 e. The van der Waals surface area contributed by atoms with Crippen LogP contribution in [0.1, 0.15) is 39.0 Å². The standard InChI is InChI=1S/C15H22O3/c1-9(2)15(16)17-8-11-6-13-14(18-13)7-12(11)10-4-3-5-10/h10-14H,1,3-8H2,2H3. The summed E-state index contributed by atoms with van der Waals surface area (Å²) in [5.74, 6) is 1.81. The molecular weight excluding hydrogens is 228 g/mol. The van der Waals surface area contributed by atoms with Gasteiger partial charge in [-0.25, -0.2) is 4.79 Å². The number of carbonyl (C=O) groups excluding carboxylic acids is 1. The van der Waals surface area contributed by atoms with Gasteiger partial charge in [0.2, 0.25) is 0 Å². The van der Waals surface area contributed by atoms with Crippen LogP contribution < -0.4 is 0 Å². The van der Waals surface area contributed by atoms with Crippen LogP contribution in [0.25, 0.3) is 0 Å². The summed E-state index contributed by atoms with van der Waals surface area (Å²) in [6.45, 7) is 5.88. The number of ether oxygens (including phenoxy) is 2. The first-order valence-corrected chi connectivity index (χ1v) is 7.13. The third-order valence-electron chi connectivity index (χ3n) is 4.86. The summed E-state index contributed by atoms with van der Waals surface area (Å²) in [6.07, 6.45) is 7.31. The summed E-state index contributed by atoms with van der Waals surface area (Å²) >= 11 is 0. The normalized spacial score (nSPS) is 38.5. The van der Waals surface area contributed by atoms with Gasteiger partial charge in [-0.15, -0.1) is 0 Å². The van der Waals surface area contributed by atoms with Gasteiger partial charge in [0.1, 0.15) is 0 Å². The summed E-state index contributed by atoms with van der Waals surface area (Å²) in [7, 11) is 0. The van der Waals surface area contributed by atoms with Crippen molar-refractivity contribution in [2.75, 3.05) is 6.61 Å². The molecule has 3 rings (SSSR count). The summed E-state index contributed by atoms with van der Waals surface area (Å²) in [6, 6.07) is 0. The number of rotatable bonds is 4. The second-order valence-corrected chi connectivity index (χ2v) is 6.18. The molecule has 0 aromatic heterocycles. The van der Waals surface area contributed by atoms with Gasteiger partial charge in [0.25, 0.3) is 0 Å². The molecule has 100 valence electrons. The van der Waals surface area contributed by atoms with Crippen molar-refractivity contribution in [2.45, 2.75) is 51.2 Å². The lowest BCUT2D eigenvalue weighted by Crippen LogP contribution is -2.36. The van der Waals surface area contributed by atoms with Crippen LogP contribution in [0.2, 0.25) is 0 Å². The van der Waals surface area contributed by atoms with Crippen LogP contribution in [0, 0.1) is 17.8 Å². The zero-order valence-electron chi connectivity index (χ0n) is 11.1. The highest BCUT2D eigenvalue weighted by atomic mass is 16.6. The number of carbonyl (C=O) groups is 1. The average molecular weight is 250 g/mol. The zero-order chi connectivity index (χ0) is 12.7. The van der Waals surface area contributed by atoms with E-state index in [9.17, 15) is 4.79 Å². The van der Waals surface area contributed by atoms with Crippen molar-refractivity contribution in [3.8, 4) is 0 Å². The molecule has 0 aromatic carbocycles. The molecule has 4 unspecified atom stereocenters. The van der Waals surface area contributed by atoms with Gasteiger partial charge in [-0.3, -0.25) is 0 Å². The third-order valence-corrected chi connectivity index (χ3v) is 4.86. The quantitative estimate of drug-likeness (QED) is 0.437.